The molecule has 0 atom stereocenters. The van der Waals surface area contributed by atoms with E-state index in [0.29, 0.717) is 0 Å². The molecule has 0 spiro atoms. The Balaban J connectivity index is 2.92. The fraction of sp³-hybridized carbons (Fsp3) is 0. The van der Waals surface area contributed by atoms with Gasteiger partial charge in [0.25, 0.3) is 0 Å². The van der Waals surface area contributed by atoms with Crippen LogP contribution >= 0.6 is 0 Å². The summed E-state index contributed by atoms with van der Waals surface area (Å²) in [6, 6.07) is 0. The zero-order chi connectivity index (χ0) is 4.12. The number of allylic oxidation sites excluding steroid dienone is 2. The molecule has 0 heterocycles. The first-order valence-electron chi connectivity index (χ1n) is 1.53. The van der Waals surface area contributed by atoms with Crippen LogP contribution in [0.2, 0.25) is 0 Å². The molecule has 0 fully saturated rings. The van der Waals surface area contributed by atoms with E-state index in [1.807, 2.05) is 17.7 Å². The summed E-state index contributed by atoms with van der Waals surface area (Å²) in [6.45, 7) is 3.43. The molecule has 0 aliphatic rings. The Kier molecular flexibility index (Phi) is 4.14. The van der Waals surface area contributed by atoms with Crippen LogP contribution in [-0.4, -0.2) is 17.7 Å². The van der Waals surface area contributed by atoms with Gasteiger partial charge in [-0.2, -0.15) is 0 Å². The van der Waals surface area contributed by atoms with Gasteiger partial charge in [0.05, 0.1) is 0 Å². The summed E-state index contributed by atoms with van der Waals surface area (Å²) in [5.41, 5.74) is 0. The van der Waals surface area contributed by atoms with Crippen LogP contribution in [0.15, 0.2) is 18.7 Å². The average molecular weight is 59.0 g/mol. The summed E-state index contributed by atoms with van der Waals surface area (Å²) in [4.78, 5) is 0. The minimum absolute atomic E-state index is 1.69. The van der Waals surface area contributed by atoms with E-state index in [2.05, 4.69) is 11.3 Å². The first-order chi connectivity index (χ1) is 2.41. The van der Waals surface area contributed by atoms with Crippen LogP contribution in [0.3, 0.4) is 0 Å². The van der Waals surface area contributed by atoms with Crippen molar-refractivity contribution in [3.05, 3.63) is 23.5 Å². The van der Waals surface area contributed by atoms with Crippen molar-refractivity contribution in [3.8, 4) is 0 Å². The molecule has 0 saturated heterocycles. The summed E-state index contributed by atoms with van der Waals surface area (Å²) in [5, 5.41) is 0. The van der Waals surface area contributed by atoms with Gasteiger partial charge >= 0.3 is 41.2 Å². The van der Waals surface area contributed by atoms with E-state index in [9.17, 15) is 0 Å². The molecule has 0 rings (SSSR count). The van der Waals surface area contributed by atoms with Crippen LogP contribution in [0.5, 0.6) is 0 Å². The third kappa shape index (κ3) is 4.08. The summed E-state index contributed by atoms with van der Waals surface area (Å²) in [6.07, 6.45) is 3.46. The Morgan fingerprint density at radius 1 is 1.80 bits per heavy atom. The Bertz CT molecular complexity index is 45.6. The van der Waals surface area contributed by atoms with Gasteiger partial charge in [0.2, 0.25) is 0 Å². The van der Waals surface area contributed by atoms with Gasteiger partial charge in [-0.05, 0) is 0 Å². The molecule has 0 bridgehead atoms. The Hall–Kier alpha value is 0.0774. The molecule has 0 unspecified atom stereocenters. The molecular weight excluding hydrogens is 55.0 g/mol. The van der Waals surface area contributed by atoms with Crippen LogP contribution in [0.1, 0.15) is 0 Å². The summed E-state index contributed by atoms with van der Waals surface area (Å²) in [5.74, 6) is 0. The van der Waals surface area contributed by atoms with Crippen LogP contribution in [0.4, 0.5) is 0 Å². The molecule has 0 N–H and O–H groups in total. The molecule has 0 aromatic carbocycles. The van der Waals surface area contributed by atoms with Crippen molar-refractivity contribution in [2.75, 3.05) is 0 Å². The molecule has 0 aromatic rings. The summed E-state index contributed by atoms with van der Waals surface area (Å²) in [7, 11) is 0. The van der Waals surface area contributed by atoms with Crippen LogP contribution in [0.25, 0.3) is 0 Å². The van der Waals surface area contributed by atoms with Gasteiger partial charge in [0.1, 0.15) is 0 Å². The van der Waals surface area contributed by atoms with E-state index in [1.165, 1.54) is 0 Å². The molecule has 0 saturated carbocycles. The fourth-order valence-electron chi connectivity index (χ4n) is 0.118. The van der Waals surface area contributed by atoms with Gasteiger partial charge in [-0.1, -0.05) is 0 Å². The zero-order valence-corrected chi connectivity index (χ0v) is 3.36. The molecule has 0 nitrogen and oxygen atoms in total. The molecule has 0 aromatic heterocycles. The Morgan fingerprint density at radius 2 is 2.40 bits per heavy atom. The molecular formula is C4H4Li. The second-order valence-corrected chi connectivity index (χ2v) is 0.691. The number of hydrogen-bond donors (Lipinski definition) is 0. The average Bonchev–Trinajstić information content (AvgIpc) is 1.41. The van der Waals surface area contributed by atoms with Crippen molar-refractivity contribution in [2.24, 2.45) is 0 Å². The third-order valence-electron chi connectivity index (χ3n) is 0.285. The van der Waals surface area contributed by atoms with Crippen LogP contribution in [0, 0.1) is 4.75 Å². The predicted octanol–water partition coefficient (Wildman–Crippen LogP) is 0.658. The van der Waals surface area contributed by atoms with Gasteiger partial charge in [-0.15, -0.1) is 0 Å². The third-order valence-corrected chi connectivity index (χ3v) is 0.285. The maximum atomic E-state index is 3.43. The quantitative estimate of drug-likeness (QED) is 0.307. The summed E-state index contributed by atoms with van der Waals surface area (Å²) < 4.78 is 2.77. The predicted molar refractivity (Wildman–Crippen MR) is 23.8 cm³/mol. The maximum absolute atomic E-state index is 3.43. The topological polar surface area (TPSA) is 0 Å². The van der Waals surface area contributed by atoms with Crippen LogP contribution < -0.4 is 0 Å². The van der Waals surface area contributed by atoms with Crippen molar-refractivity contribution >= 4 is 17.7 Å². The van der Waals surface area contributed by atoms with Crippen LogP contribution in [-0.2, 0) is 0 Å². The van der Waals surface area contributed by atoms with E-state index in [0.717, 1.165) is 0 Å². The second-order valence-electron chi connectivity index (χ2n) is 0.691. The molecule has 1 heteroatoms. The molecule has 21 valence electrons. The van der Waals surface area contributed by atoms with Gasteiger partial charge in [-0.3, -0.25) is 0 Å². The van der Waals surface area contributed by atoms with E-state index >= 15 is 0 Å². The van der Waals surface area contributed by atoms with E-state index in [4.69, 9.17) is 0 Å². The van der Waals surface area contributed by atoms with E-state index < -0.39 is 0 Å². The van der Waals surface area contributed by atoms with Gasteiger partial charge in [0, 0.05) is 0 Å². The molecule has 0 aliphatic carbocycles. The first-order valence-corrected chi connectivity index (χ1v) is 1.53. The Morgan fingerprint density at radius 3 is 2.40 bits per heavy atom. The van der Waals surface area contributed by atoms with Gasteiger partial charge in [-0.25, -0.2) is 0 Å². The SMILES string of the molecule is [Li]/[C]=C/C=C. The van der Waals surface area contributed by atoms with Gasteiger partial charge in [0.15, 0.2) is 0 Å². The van der Waals surface area contributed by atoms with Crippen molar-refractivity contribution in [1.82, 2.24) is 0 Å². The van der Waals surface area contributed by atoms with Crippen molar-refractivity contribution in [1.29, 1.82) is 0 Å². The zero-order valence-electron chi connectivity index (χ0n) is 3.36. The van der Waals surface area contributed by atoms with E-state index in [1.54, 1.807) is 12.2 Å². The van der Waals surface area contributed by atoms with E-state index in [-0.39, 0.29) is 0 Å². The molecule has 0 aliphatic heterocycles. The molecule has 0 amide bonds. The standard InChI is InChI=1S/C4H4.Li/c1-3-4-2;/h3-4H,1H2;. The number of rotatable bonds is 1. The van der Waals surface area contributed by atoms with Gasteiger partial charge < -0.3 is 0 Å². The minimum atomic E-state index is 1.69. The molecule has 5 heavy (non-hydrogen) atoms. The second kappa shape index (κ2) is 4.08. The van der Waals surface area contributed by atoms with Crippen molar-refractivity contribution in [3.63, 3.8) is 0 Å². The molecule has 1 radical (unpaired) electrons. The van der Waals surface area contributed by atoms with Crippen molar-refractivity contribution in [2.45, 2.75) is 0 Å². The fourth-order valence-corrected chi connectivity index (χ4v) is 0.118. The summed E-state index contributed by atoms with van der Waals surface area (Å²) >= 11 is 1.84. The number of hydrogen-bond acceptors (Lipinski definition) is 0. The normalized spacial score (nSPS) is 9.20. The first kappa shape index (κ1) is 5.08. The van der Waals surface area contributed by atoms with Crippen molar-refractivity contribution < 1.29 is 0 Å². The monoisotopic (exact) mass is 59.0 g/mol. The Labute approximate surface area is 41.8 Å².